The molecule has 0 atom stereocenters. The second kappa shape index (κ2) is 7.83. The SMILES string of the molecule is NC(=O)c1cccc(C(N)=O)c1-c1cc(CCc2ccccc2)ccc1F. The van der Waals surface area contributed by atoms with Gasteiger partial charge in [-0.05, 0) is 48.2 Å². The number of hydrogen-bond acceptors (Lipinski definition) is 2. The molecule has 27 heavy (non-hydrogen) atoms. The van der Waals surface area contributed by atoms with E-state index in [1.165, 1.54) is 29.8 Å². The maximum Gasteiger partial charge on any atom is 0.249 e. The van der Waals surface area contributed by atoms with Gasteiger partial charge in [-0.3, -0.25) is 9.59 Å². The Bertz CT molecular complexity index is 968. The number of nitrogens with two attached hydrogens (primary N) is 2. The van der Waals surface area contributed by atoms with Crippen LogP contribution in [0.2, 0.25) is 0 Å². The zero-order valence-electron chi connectivity index (χ0n) is 14.6. The van der Waals surface area contributed by atoms with Gasteiger partial charge in [-0.25, -0.2) is 4.39 Å². The Morgan fingerprint density at radius 3 is 1.93 bits per heavy atom. The average molecular weight is 362 g/mol. The minimum atomic E-state index is -0.748. The molecule has 3 aromatic carbocycles. The first-order valence-corrected chi connectivity index (χ1v) is 8.52. The predicted octanol–water partition coefficient (Wildman–Crippen LogP) is 3.48. The van der Waals surface area contributed by atoms with Crippen molar-refractivity contribution in [3.8, 4) is 11.1 Å². The number of amides is 2. The summed E-state index contributed by atoms with van der Waals surface area (Å²) in [5.41, 5.74) is 13.3. The number of carbonyl (C=O) groups is 2. The molecular formula is C22H19FN2O2. The first kappa shape index (κ1) is 18.3. The number of carbonyl (C=O) groups excluding carboxylic acids is 2. The standard InChI is InChI=1S/C22H19FN2O2/c23-19-12-11-15(10-9-14-5-2-1-3-6-14)13-18(19)20-16(21(24)26)7-4-8-17(20)22(25)27/h1-8,11-13H,9-10H2,(H2,24,26)(H2,25,27). The topological polar surface area (TPSA) is 86.2 Å². The molecule has 0 aliphatic carbocycles. The monoisotopic (exact) mass is 362 g/mol. The Labute approximate surface area is 156 Å². The van der Waals surface area contributed by atoms with E-state index in [-0.39, 0.29) is 22.3 Å². The van der Waals surface area contributed by atoms with Crippen LogP contribution in [0.15, 0.2) is 66.7 Å². The molecule has 0 radical (unpaired) electrons. The summed E-state index contributed by atoms with van der Waals surface area (Å²) in [5.74, 6) is -2.04. The highest BCUT2D eigenvalue weighted by Crippen LogP contribution is 2.31. The molecule has 0 spiro atoms. The molecule has 0 saturated carbocycles. The molecule has 3 aromatic rings. The lowest BCUT2D eigenvalue weighted by Crippen LogP contribution is -2.18. The third kappa shape index (κ3) is 4.03. The molecule has 0 saturated heterocycles. The first-order valence-electron chi connectivity index (χ1n) is 8.52. The van der Waals surface area contributed by atoms with Crippen molar-refractivity contribution < 1.29 is 14.0 Å². The van der Waals surface area contributed by atoms with Crippen LogP contribution in [0.3, 0.4) is 0 Å². The van der Waals surface area contributed by atoms with Gasteiger partial charge in [0.2, 0.25) is 11.8 Å². The Balaban J connectivity index is 2.04. The second-order valence-electron chi connectivity index (χ2n) is 6.26. The maximum atomic E-state index is 14.6. The van der Waals surface area contributed by atoms with Crippen LogP contribution in [-0.2, 0) is 12.8 Å². The molecule has 0 aliphatic rings. The smallest absolute Gasteiger partial charge is 0.249 e. The fourth-order valence-electron chi connectivity index (χ4n) is 3.11. The van der Waals surface area contributed by atoms with Crippen molar-refractivity contribution in [3.05, 3.63) is 94.8 Å². The van der Waals surface area contributed by atoms with E-state index in [4.69, 9.17) is 11.5 Å². The normalized spacial score (nSPS) is 10.6. The van der Waals surface area contributed by atoms with Gasteiger partial charge in [-0.15, -0.1) is 0 Å². The van der Waals surface area contributed by atoms with E-state index in [9.17, 15) is 14.0 Å². The van der Waals surface area contributed by atoms with Gasteiger partial charge >= 0.3 is 0 Å². The molecule has 3 rings (SSSR count). The fraction of sp³-hybridized carbons (Fsp3) is 0.0909. The molecule has 5 heteroatoms. The quantitative estimate of drug-likeness (QED) is 0.703. The van der Waals surface area contributed by atoms with Gasteiger partial charge in [-0.1, -0.05) is 42.5 Å². The molecule has 4 N–H and O–H groups in total. The summed E-state index contributed by atoms with van der Waals surface area (Å²) in [6, 6.07) is 19.0. The molecule has 0 bridgehead atoms. The number of rotatable bonds is 6. The highest BCUT2D eigenvalue weighted by molar-refractivity contribution is 6.08. The van der Waals surface area contributed by atoms with Crippen molar-refractivity contribution in [2.45, 2.75) is 12.8 Å². The molecule has 2 amide bonds. The van der Waals surface area contributed by atoms with E-state index in [0.717, 1.165) is 12.0 Å². The number of hydrogen-bond donors (Lipinski definition) is 2. The number of benzene rings is 3. The Morgan fingerprint density at radius 1 is 0.741 bits per heavy atom. The van der Waals surface area contributed by atoms with Gasteiger partial charge in [0.15, 0.2) is 0 Å². The van der Waals surface area contributed by atoms with Crippen LogP contribution in [0, 0.1) is 5.82 Å². The van der Waals surface area contributed by atoms with Crippen LogP contribution in [0.1, 0.15) is 31.8 Å². The lowest BCUT2D eigenvalue weighted by molar-refractivity contribution is 0.0999. The molecule has 136 valence electrons. The van der Waals surface area contributed by atoms with E-state index >= 15 is 0 Å². The van der Waals surface area contributed by atoms with Crippen molar-refractivity contribution in [1.29, 1.82) is 0 Å². The van der Waals surface area contributed by atoms with Gasteiger partial charge in [0, 0.05) is 22.3 Å². The van der Waals surface area contributed by atoms with E-state index in [1.807, 2.05) is 30.3 Å². The van der Waals surface area contributed by atoms with Crippen molar-refractivity contribution in [3.63, 3.8) is 0 Å². The summed E-state index contributed by atoms with van der Waals surface area (Å²) < 4.78 is 14.6. The van der Waals surface area contributed by atoms with Crippen molar-refractivity contribution >= 4 is 11.8 Å². The van der Waals surface area contributed by atoms with Gasteiger partial charge in [0.05, 0.1) is 0 Å². The van der Waals surface area contributed by atoms with Crippen LogP contribution < -0.4 is 11.5 Å². The Hall–Kier alpha value is -3.47. The largest absolute Gasteiger partial charge is 0.366 e. The lowest BCUT2D eigenvalue weighted by Gasteiger charge is -2.14. The second-order valence-corrected chi connectivity index (χ2v) is 6.26. The van der Waals surface area contributed by atoms with Crippen molar-refractivity contribution in [1.82, 2.24) is 0 Å². The van der Waals surface area contributed by atoms with E-state index in [0.29, 0.717) is 6.42 Å². The van der Waals surface area contributed by atoms with Gasteiger partial charge in [0.25, 0.3) is 0 Å². The van der Waals surface area contributed by atoms with Crippen LogP contribution >= 0.6 is 0 Å². The molecule has 0 aliphatic heterocycles. The number of primary amides is 2. The summed E-state index contributed by atoms with van der Waals surface area (Å²) in [6.07, 6.45) is 1.47. The van der Waals surface area contributed by atoms with Gasteiger partial charge < -0.3 is 11.5 Å². The summed E-state index contributed by atoms with van der Waals surface area (Å²) >= 11 is 0. The van der Waals surface area contributed by atoms with Crippen molar-refractivity contribution in [2.75, 3.05) is 0 Å². The molecule has 0 unspecified atom stereocenters. The predicted molar refractivity (Wildman–Crippen MR) is 103 cm³/mol. The Morgan fingerprint density at radius 2 is 1.33 bits per heavy atom. The van der Waals surface area contributed by atoms with Crippen molar-refractivity contribution in [2.24, 2.45) is 11.5 Å². The minimum Gasteiger partial charge on any atom is -0.366 e. The van der Waals surface area contributed by atoms with Crippen LogP contribution in [0.4, 0.5) is 4.39 Å². The summed E-state index contributed by atoms with van der Waals surface area (Å²) in [4.78, 5) is 23.6. The molecule has 4 nitrogen and oxygen atoms in total. The molecule has 0 heterocycles. The number of aryl methyl sites for hydroxylation is 2. The summed E-state index contributed by atoms with van der Waals surface area (Å²) in [7, 11) is 0. The molecule has 0 aromatic heterocycles. The Kier molecular flexibility index (Phi) is 5.31. The molecular weight excluding hydrogens is 343 g/mol. The van der Waals surface area contributed by atoms with Crippen LogP contribution in [0.25, 0.3) is 11.1 Å². The van der Waals surface area contributed by atoms with Crippen LogP contribution in [0.5, 0.6) is 0 Å². The van der Waals surface area contributed by atoms with Crippen LogP contribution in [-0.4, -0.2) is 11.8 Å². The maximum absolute atomic E-state index is 14.6. The fourth-order valence-corrected chi connectivity index (χ4v) is 3.11. The zero-order valence-corrected chi connectivity index (χ0v) is 14.6. The zero-order chi connectivity index (χ0) is 19.4. The number of halogens is 1. The van der Waals surface area contributed by atoms with Gasteiger partial charge in [-0.2, -0.15) is 0 Å². The van der Waals surface area contributed by atoms with E-state index in [2.05, 4.69) is 0 Å². The first-order chi connectivity index (χ1) is 13.0. The average Bonchev–Trinajstić information content (AvgIpc) is 2.67. The molecule has 0 fully saturated rings. The summed E-state index contributed by atoms with van der Waals surface area (Å²) in [5, 5.41) is 0. The summed E-state index contributed by atoms with van der Waals surface area (Å²) in [6.45, 7) is 0. The highest BCUT2D eigenvalue weighted by Gasteiger charge is 2.20. The highest BCUT2D eigenvalue weighted by atomic mass is 19.1. The van der Waals surface area contributed by atoms with Gasteiger partial charge in [0.1, 0.15) is 5.82 Å². The van der Waals surface area contributed by atoms with E-state index < -0.39 is 17.6 Å². The van der Waals surface area contributed by atoms with E-state index in [1.54, 1.807) is 12.1 Å². The minimum absolute atomic E-state index is 0.0606. The third-order valence-electron chi connectivity index (χ3n) is 4.44. The lowest BCUT2D eigenvalue weighted by atomic mass is 9.91. The third-order valence-corrected chi connectivity index (χ3v) is 4.44.